The average molecular weight is 345 g/mol. The number of rotatable bonds is 2. The Morgan fingerprint density at radius 3 is 1.90 bits per heavy atom. The molecule has 0 fully saturated rings. The van der Waals surface area contributed by atoms with Crippen molar-refractivity contribution < 1.29 is 0 Å². The predicted octanol–water partition coefficient (Wildman–Crippen LogP) is 6.47. The topological polar surface area (TPSA) is 0 Å². The molecule has 0 spiro atoms. The van der Waals surface area contributed by atoms with E-state index in [1.165, 1.54) is 38.9 Å². The van der Waals surface area contributed by atoms with Crippen LogP contribution in [0.25, 0.3) is 11.1 Å². The molecule has 0 radical (unpaired) electrons. The molecule has 0 saturated heterocycles. The van der Waals surface area contributed by atoms with Crippen molar-refractivity contribution >= 4 is 15.9 Å². The number of aryl methyl sites for hydroxylation is 2. The SMILES string of the molecule is Cc1cc(C)cc(-c2cc(C(C)(C)C)cc(CBr)c2C)c1. The molecule has 112 valence electrons. The monoisotopic (exact) mass is 344 g/mol. The minimum absolute atomic E-state index is 0.165. The Labute approximate surface area is 137 Å². The van der Waals surface area contributed by atoms with Crippen molar-refractivity contribution in [3.63, 3.8) is 0 Å². The molecule has 0 nitrogen and oxygen atoms in total. The molecule has 0 atom stereocenters. The highest BCUT2D eigenvalue weighted by Gasteiger charge is 2.18. The van der Waals surface area contributed by atoms with Crippen molar-refractivity contribution in [1.29, 1.82) is 0 Å². The Hall–Kier alpha value is -1.08. The molecule has 0 amide bonds. The molecule has 0 saturated carbocycles. The van der Waals surface area contributed by atoms with Gasteiger partial charge in [-0.2, -0.15) is 0 Å². The van der Waals surface area contributed by atoms with Crippen LogP contribution in [0, 0.1) is 20.8 Å². The fourth-order valence-corrected chi connectivity index (χ4v) is 3.36. The van der Waals surface area contributed by atoms with E-state index in [2.05, 4.69) is 87.8 Å². The smallest absolute Gasteiger partial charge is 0.0286 e. The highest BCUT2D eigenvalue weighted by atomic mass is 79.9. The lowest BCUT2D eigenvalue weighted by molar-refractivity contribution is 0.589. The van der Waals surface area contributed by atoms with Crippen LogP contribution in [0.4, 0.5) is 0 Å². The van der Waals surface area contributed by atoms with Crippen molar-refractivity contribution in [1.82, 2.24) is 0 Å². The third-order valence-electron chi connectivity index (χ3n) is 4.06. The molecule has 0 heterocycles. The summed E-state index contributed by atoms with van der Waals surface area (Å²) in [5.41, 5.74) is 9.68. The second kappa shape index (κ2) is 5.96. The minimum atomic E-state index is 0.165. The van der Waals surface area contributed by atoms with Crippen molar-refractivity contribution in [2.45, 2.75) is 52.3 Å². The van der Waals surface area contributed by atoms with Gasteiger partial charge < -0.3 is 0 Å². The van der Waals surface area contributed by atoms with Gasteiger partial charge in [0.05, 0.1) is 0 Å². The Bertz CT molecular complexity index is 640. The third kappa shape index (κ3) is 3.58. The second-order valence-corrected chi connectivity index (χ2v) is 7.63. The molecule has 0 aromatic heterocycles. The van der Waals surface area contributed by atoms with Crippen molar-refractivity contribution in [2.24, 2.45) is 0 Å². The zero-order valence-corrected chi connectivity index (χ0v) is 15.6. The van der Waals surface area contributed by atoms with E-state index in [1.54, 1.807) is 0 Å². The molecule has 0 aliphatic rings. The first kappa shape index (κ1) is 16.3. The highest BCUT2D eigenvalue weighted by molar-refractivity contribution is 9.08. The van der Waals surface area contributed by atoms with Crippen LogP contribution in [0.5, 0.6) is 0 Å². The summed E-state index contributed by atoms with van der Waals surface area (Å²) in [7, 11) is 0. The molecule has 0 unspecified atom stereocenters. The zero-order chi connectivity index (χ0) is 15.8. The Morgan fingerprint density at radius 1 is 0.857 bits per heavy atom. The molecule has 0 aliphatic carbocycles. The number of hydrogen-bond donors (Lipinski definition) is 0. The maximum atomic E-state index is 3.64. The van der Waals surface area contributed by atoms with Crippen molar-refractivity contribution in [3.05, 3.63) is 58.1 Å². The van der Waals surface area contributed by atoms with E-state index in [4.69, 9.17) is 0 Å². The number of hydrogen-bond acceptors (Lipinski definition) is 0. The lowest BCUT2D eigenvalue weighted by atomic mass is 9.82. The fraction of sp³-hybridized carbons (Fsp3) is 0.400. The van der Waals surface area contributed by atoms with Gasteiger partial charge in [0.2, 0.25) is 0 Å². The molecule has 2 rings (SSSR count). The van der Waals surface area contributed by atoms with Gasteiger partial charge >= 0.3 is 0 Å². The Kier molecular flexibility index (Phi) is 4.63. The van der Waals surface area contributed by atoms with E-state index >= 15 is 0 Å². The first-order valence-electron chi connectivity index (χ1n) is 7.51. The molecule has 0 aliphatic heterocycles. The molecule has 2 aromatic carbocycles. The molecular weight excluding hydrogens is 320 g/mol. The summed E-state index contributed by atoms with van der Waals surface area (Å²) in [6.07, 6.45) is 0. The maximum Gasteiger partial charge on any atom is 0.0286 e. The first-order chi connectivity index (χ1) is 9.72. The summed E-state index contributed by atoms with van der Waals surface area (Å²) < 4.78 is 0. The summed E-state index contributed by atoms with van der Waals surface area (Å²) in [5, 5.41) is 0.903. The van der Waals surface area contributed by atoms with Gasteiger partial charge in [-0.3, -0.25) is 0 Å². The van der Waals surface area contributed by atoms with E-state index in [1.807, 2.05) is 0 Å². The number of alkyl halides is 1. The standard InChI is InChI=1S/C20H25Br/c1-13-7-14(2)9-16(8-13)19-11-18(20(4,5)6)10-17(12-21)15(19)3/h7-11H,12H2,1-6H3. The van der Waals surface area contributed by atoms with Gasteiger partial charge in [-0.25, -0.2) is 0 Å². The Morgan fingerprint density at radius 2 is 1.43 bits per heavy atom. The van der Waals surface area contributed by atoms with Crippen LogP contribution >= 0.6 is 15.9 Å². The van der Waals surface area contributed by atoms with Gasteiger partial charge in [0.25, 0.3) is 0 Å². The summed E-state index contributed by atoms with van der Waals surface area (Å²) in [6, 6.07) is 11.5. The Balaban J connectivity index is 2.72. The van der Waals surface area contributed by atoms with Gasteiger partial charge in [0.1, 0.15) is 0 Å². The summed E-state index contributed by atoms with van der Waals surface area (Å²) in [5.74, 6) is 0. The fourth-order valence-electron chi connectivity index (χ4n) is 2.78. The van der Waals surface area contributed by atoms with E-state index in [9.17, 15) is 0 Å². The lowest BCUT2D eigenvalue weighted by Gasteiger charge is -2.23. The number of halogens is 1. The van der Waals surface area contributed by atoms with Gasteiger partial charge in [0.15, 0.2) is 0 Å². The highest BCUT2D eigenvalue weighted by Crippen LogP contribution is 2.34. The predicted molar refractivity (Wildman–Crippen MR) is 97.4 cm³/mol. The first-order valence-corrected chi connectivity index (χ1v) is 8.63. The molecular formula is C20H25Br. The van der Waals surface area contributed by atoms with Crippen LogP contribution in [0.15, 0.2) is 30.3 Å². The van der Waals surface area contributed by atoms with Gasteiger partial charge in [-0.15, -0.1) is 0 Å². The van der Waals surface area contributed by atoms with E-state index in [0.717, 1.165) is 5.33 Å². The average Bonchev–Trinajstić information content (AvgIpc) is 2.36. The molecule has 1 heteroatoms. The lowest BCUT2D eigenvalue weighted by Crippen LogP contribution is -2.12. The van der Waals surface area contributed by atoms with Gasteiger partial charge in [-0.05, 0) is 54.0 Å². The van der Waals surface area contributed by atoms with E-state index < -0.39 is 0 Å². The quantitative estimate of drug-likeness (QED) is 0.547. The normalized spacial score (nSPS) is 11.8. The molecule has 21 heavy (non-hydrogen) atoms. The van der Waals surface area contributed by atoms with Crippen LogP contribution in [-0.2, 0) is 10.7 Å². The second-order valence-electron chi connectivity index (χ2n) is 7.07. The van der Waals surface area contributed by atoms with E-state index in [-0.39, 0.29) is 5.41 Å². The zero-order valence-electron chi connectivity index (χ0n) is 14.0. The maximum absolute atomic E-state index is 3.64. The minimum Gasteiger partial charge on any atom is -0.0876 e. The van der Waals surface area contributed by atoms with Gasteiger partial charge in [0, 0.05) is 5.33 Å². The van der Waals surface area contributed by atoms with Crippen LogP contribution in [0.1, 0.15) is 48.6 Å². The largest absolute Gasteiger partial charge is 0.0876 e. The van der Waals surface area contributed by atoms with Crippen LogP contribution in [0.2, 0.25) is 0 Å². The molecule has 0 N–H and O–H groups in total. The van der Waals surface area contributed by atoms with Crippen molar-refractivity contribution in [2.75, 3.05) is 0 Å². The summed E-state index contributed by atoms with van der Waals surface area (Å²) in [4.78, 5) is 0. The van der Waals surface area contributed by atoms with Crippen molar-refractivity contribution in [3.8, 4) is 11.1 Å². The summed E-state index contributed by atoms with van der Waals surface area (Å²) >= 11 is 3.64. The van der Waals surface area contributed by atoms with Crippen LogP contribution in [0.3, 0.4) is 0 Å². The van der Waals surface area contributed by atoms with Crippen LogP contribution in [-0.4, -0.2) is 0 Å². The summed E-state index contributed by atoms with van der Waals surface area (Å²) in [6.45, 7) is 13.4. The van der Waals surface area contributed by atoms with Gasteiger partial charge in [-0.1, -0.05) is 78.2 Å². The van der Waals surface area contributed by atoms with E-state index in [0.29, 0.717) is 0 Å². The third-order valence-corrected chi connectivity index (χ3v) is 4.66. The number of benzene rings is 2. The van der Waals surface area contributed by atoms with Crippen LogP contribution < -0.4 is 0 Å². The molecule has 0 bridgehead atoms. The molecule has 2 aromatic rings.